The minimum Gasteiger partial charge on any atom is -0.293 e. The Kier molecular flexibility index (Phi) is 4.38. The number of hydrogen-bond acceptors (Lipinski definition) is 2. The molecule has 98 valence electrons. The molecule has 0 bridgehead atoms. The van der Waals surface area contributed by atoms with Crippen LogP contribution in [0.1, 0.15) is 21.5 Å². The molecular weight excluding hydrogens is 259 g/mol. The van der Waals surface area contributed by atoms with Gasteiger partial charge in [0.05, 0.1) is 5.75 Å². The molecule has 0 heterocycles. The lowest BCUT2D eigenvalue weighted by molar-refractivity contribution is 0.102. The predicted molar refractivity (Wildman–Crippen MR) is 77.4 cm³/mol. The fourth-order valence-corrected chi connectivity index (χ4v) is 2.54. The Hall–Kier alpha value is -1.61. The molecule has 0 fully saturated rings. The molecule has 19 heavy (non-hydrogen) atoms. The molecule has 0 atom stereocenters. The van der Waals surface area contributed by atoms with E-state index in [2.05, 4.69) is 0 Å². The van der Waals surface area contributed by atoms with Crippen molar-refractivity contribution in [3.63, 3.8) is 0 Å². The Labute approximate surface area is 116 Å². The van der Waals surface area contributed by atoms with Crippen molar-refractivity contribution in [2.75, 3.05) is 5.75 Å². The van der Waals surface area contributed by atoms with Crippen LogP contribution in [0.4, 0.5) is 4.39 Å². The lowest BCUT2D eigenvalue weighted by Gasteiger charge is -2.05. The van der Waals surface area contributed by atoms with Crippen molar-refractivity contribution in [1.29, 1.82) is 0 Å². The Morgan fingerprint density at radius 1 is 1.11 bits per heavy atom. The summed E-state index contributed by atoms with van der Waals surface area (Å²) in [6.45, 7) is 3.85. The SMILES string of the molecule is Cc1ccc(SCC(=O)c2cc(F)ccc2C)cc1. The van der Waals surface area contributed by atoms with Crippen LogP contribution in [0.5, 0.6) is 0 Å². The summed E-state index contributed by atoms with van der Waals surface area (Å²) in [6.07, 6.45) is 0. The number of aryl methyl sites for hydroxylation is 2. The van der Waals surface area contributed by atoms with E-state index in [1.54, 1.807) is 6.07 Å². The average Bonchev–Trinajstić information content (AvgIpc) is 2.40. The van der Waals surface area contributed by atoms with Crippen LogP contribution in [0.25, 0.3) is 0 Å². The molecule has 0 aromatic heterocycles. The summed E-state index contributed by atoms with van der Waals surface area (Å²) in [6, 6.07) is 12.3. The Morgan fingerprint density at radius 3 is 2.47 bits per heavy atom. The van der Waals surface area contributed by atoms with Gasteiger partial charge in [-0.05, 0) is 43.7 Å². The molecule has 0 N–H and O–H groups in total. The van der Waals surface area contributed by atoms with Crippen molar-refractivity contribution in [2.45, 2.75) is 18.7 Å². The molecule has 0 saturated heterocycles. The Bertz CT molecular complexity index is 590. The second-order valence-electron chi connectivity index (χ2n) is 4.48. The maximum atomic E-state index is 13.2. The zero-order chi connectivity index (χ0) is 13.8. The molecule has 0 aliphatic carbocycles. The highest BCUT2D eigenvalue weighted by molar-refractivity contribution is 8.00. The zero-order valence-corrected chi connectivity index (χ0v) is 11.8. The third-order valence-electron chi connectivity index (χ3n) is 2.89. The molecule has 1 nitrogen and oxygen atoms in total. The number of carbonyl (C=O) groups is 1. The minimum absolute atomic E-state index is 0.0393. The zero-order valence-electron chi connectivity index (χ0n) is 10.9. The molecule has 0 radical (unpaired) electrons. The van der Waals surface area contributed by atoms with Gasteiger partial charge in [-0.2, -0.15) is 0 Å². The summed E-state index contributed by atoms with van der Waals surface area (Å²) in [5.41, 5.74) is 2.48. The van der Waals surface area contributed by atoms with Gasteiger partial charge in [0.1, 0.15) is 5.82 Å². The first kappa shape index (κ1) is 13.8. The first-order valence-corrected chi connectivity index (χ1v) is 7.03. The van der Waals surface area contributed by atoms with E-state index in [4.69, 9.17) is 0 Å². The number of hydrogen-bond donors (Lipinski definition) is 0. The van der Waals surface area contributed by atoms with Crippen molar-refractivity contribution >= 4 is 17.5 Å². The molecule has 2 aromatic carbocycles. The van der Waals surface area contributed by atoms with Crippen molar-refractivity contribution < 1.29 is 9.18 Å². The topological polar surface area (TPSA) is 17.1 Å². The third kappa shape index (κ3) is 3.67. The number of ketones is 1. The number of benzene rings is 2. The summed E-state index contributed by atoms with van der Waals surface area (Å²) >= 11 is 1.47. The van der Waals surface area contributed by atoms with E-state index in [0.29, 0.717) is 11.3 Å². The van der Waals surface area contributed by atoms with Crippen molar-refractivity contribution in [1.82, 2.24) is 0 Å². The molecule has 0 unspecified atom stereocenters. The van der Waals surface area contributed by atoms with Crippen LogP contribution in [-0.4, -0.2) is 11.5 Å². The number of rotatable bonds is 4. The number of halogens is 1. The second-order valence-corrected chi connectivity index (χ2v) is 5.53. The summed E-state index contributed by atoms with van der Waals surface area (Å²) in [4.78, 5) is 13.1. The van der Waals surface area contributed by atoms with E-state index in [-0.39, 0.29) is 11.6 Å². The molecule has 0 spiro atoms. The van der Waals surface area contributed by atoms with Crippen LogP contribution < -0.4 is 0 Å². The van der Waals surface area contributed by atoms with Gasteiger partial charge in [-0.3, -0.25) is 4.79 Å². The second kappa shape index (κ2) is 6.02. The van der Waals surface area contributed by atoms with E-state index >= 15 is 0 Å². The monoisotopic (exact) mass is 274 g/mol. The van der Waals surface area contributed by atoms with E-state index in [9.17, 15) is 9.18 Å². The summed E-state index contributed by atoms with van der Waals surface area (Å²) in [7, 11) is 0. The van der Waals surface area contributed by atoms with E-state index in [1.807, 2.05) is 38.1 Å². The maximum absolute atomic E-state index is 13.2. The average molecular weight is 274 g/mol. The third-order valence-corrected chi connectivity index (χ3v) is 3.90. The molecule has 0 aliphatic rings. The molecule has 0 aliphatic heterocycles. The smallest absolute Gasteiger partial charge is 0.173 e. The van der Waals surface area contributed by atoms with Gasteiger partial charge in [-0.15, -0.1) is 11.8 Å². The van der Waals surface area contributed by atoms with Gasteiger partial charge < -0.3 is 0 Å². The van der Waals surface area contributed by atoms with Crippen molar-refractivity contribution in [3.8, 4) is 0 Å². The maximum Gasteiger partial charge on any atom is 0.173 e. The first-order chi connectivity index (χ1) is 9.06. The molecular formula is C16H15FOS. The fourth-order valence-electron chi connectivity index (χ4n) is 1.76. The predicted octanol–water partition coefficient (Wildman–Crippen LogP) is 4.42. The highest BCUT2D eigenvalue weighted by Crippen LogP contribution is 2.21. The van der Waals surface area contributed by atoms with Gasteiger partial charge in [0.15, 0.2) is 5.78 Å². The van der Waals surface area contributed by atoms with Crippen molar-refractivity contribution in [3.05, 3.63) is 65.0 Å². The van der Waals surface area contributed by atoms with Crippen LogP contribution in [0, 0.1) is 19.7 Å². The van der Waals surface area contributed by atoms with E-state index < -0.39 is 0 Å². The van der Waals surface area contributed by atoms with Gasteiger partial charge >= 0.3 is 0 Å². The first-order valence-electron chi connectivity index (χ1n) is 6.05. The standard InChI is InChI=1S/C16H15FOS/c1-11-3-7-14(8-4-11)19-10-16(18)15-9-13(17)6-5-12(15)2/h3-9H,10H2,1-2H3. The highest BCUT2D eigenvalue weighted by Gasteiger charge is 2.10. The lowest BCUT2D eigenvalue weighted by Crippen LogP contribution is -2.05. The number of Topliss-reactive ketones (excluding diaryl/α,β-unsaturated/α-hetero) is 1. The quantitative estimate of drug-likeness (QED) is 0.606. The molecule has 2 rings (SSSR count). The van der Waals surface area contributed by atoms with Gasteiger partial charge in [0, 0.05) is 10.5 Å². The van der Waals surface area contributed by atoms with Gasteiger partial charge in [-0.25, -0.2) is 4.39 Å². The Morgan fingerprint density at radius 2 is 1.79 bits per heavy atom. The largest absolute Gasteiger partial charge is 0.293 e. The van der Waals surface area contributed by atoms with Crippen LogP contribution in [-0.2, 0) is 0 Å². The lowest BCUT2D eigenvalue weighted by atomic mass is 10.1. The van der Waals surface area contributed by atoms with Gasteiger partial charge in [-0.1, -0.05) is 23.8 Å². The van der Waals surface area contributed by atoms with E-state index in [0.717, 1.165) is 10.5 Å². The Balaban J connectivity index is 2.05. The molecule has 2 aromatic rings. The number of carbonyl (C=O) groups excluding carboxylic acids is 1. The van der Waals surface area contributed by atoms with Gasteiger partial charge in [0.2, 0.25) is 0 Å². The van der Waals surface area contributed by atoms with Gasteiger partial charge in [0.25, 0.3) is 0 Å². The van der Waals surface area contributed by atoms with Crippen LogP contribution in [0.2, 0.25) is 0 Å². The molecule has 3 heteroatoms. The highest BCUT2D eigenvalue weighted by atomic mass is 32.2. The summed E-state index contributed by atoms with van der Waals surface area (Å²) in [5.74, 6) is -0.0789. The fraction of sp³-hybridized carbons (Fsp3) is 0.188. The molecule has 0 saturated carbocycles. The number of thioether (sulfide) groups is 1. The summed E-state index contributed by atoms with van der Waals surface area (Å²) in [5, 5.41) is 0. The van der Waals surface area contributed by atoms with Crippen LogP contribution >= 0.6 is 11.8 Å². The normalized spacial score (nSPS) is 10.5. The van der Waals surface area contributed by atoms with Crippen LogP contribution in [0.3, 0.4) is 0 Å². The summed E-state index contributed by atoms with van der Waals surface area (Å²) < 4.78 is 13.2. The van der Waals surface area contributed by atoms with Crippen LogP contribution in [0.15, 0.2) is 47.4 Å². The minimum atomic E-state index is -0.366. The van der Waals surface area contributed by atoms with Crippen molar-refractivity contribution in [2.24, 2.45) is 0 Å². The van der Waals surface area contributed by atoms with E-state index in [1.165, 1.54) is 29.5 Å². The molecule has 0 amide bonds.